The van der Waals surface area contributed by atoms with Gasteiger partial charge in [0.05, 0.1) is 12.9 Å². The Morgan fingerprint density at radius 3 is 2.28 bits per heavy atom. The third kappa shape index (κ3) is 15.8. The molecule has 0 saturated heterocycles. The van der Waals surface area contributed by atoms with Gasteiger partial charge < -0.3 is 0 Å². The first-order chi connectivity index (χ1) is 8.56. The Labute approximate surface area is 108 Å². The predicted octanol–water partition coefficient (Wildman–Crippen LogP) is 1.27. The van der Waals surface area contributed by atoms with E-state index >= 15 is 0 Å². The van der Waals surface area contributed by atoms with Crippen LogP contribution >= 0.6 is 0 Å². The van der Waals surface area contributed by atoms with E-state index in [0.717, 1.165) is 51.3 Å². The summed E-state index contributed by atoms with van der Waals surface area (Å²) >= 11 is 0. The van der Waals surface area contributed by atoms with E-state index in [0.29, 0.717) is 0 Å². The quantitative estimate of drug-likeness (QED) is 0.173. The fourth-order valence-electron chi connectivity index (χ4n) is 1.41. The zero-order chi connectivity index (χ0) is 13.7. The molecule has 2 N–H and O–H groups in total. The minimum absolute atomic E-state index is 0.166. The van der Waals surface area contributed by atoms with Crippen molar-refractivity contribution in [2.45, 2.75) is 38.5 Å². The lowest BCUT2D eigenvalue weighted by molar-refractivity contribution is -0.492. The third-order valence-electron chi connectivity index (χ3n) is 2.26. The van der Waals surface area contributed by atoms with E-state index in [1.54, 1.807) is 0 Å². The fraction of sp³-hybridized carbons (Fsp3) is 1.00. The van der Waals surface area contributed by atoms with Gasteiger partial charge in [0, 0.05) is 0 Å². The maximum Gasteiger partial charge on any atom is 0.264 e. The summed E-state index contributed by atoms with van der Waals surface area (Å²) in [6, 6.07) is 0. The maximum absolute atomic E-state index is 10.6. The van der Waals surface area contributed by atoms with Crippen LogP contribution in [0.2, 0.25) is 0 Å². The summed E-state index contributed by atoms with van der Waals surface area (Å²) in [6.07, 6.45) is 7.11. The molecule has 0 bridgehead atoms. The molecule has 0 aliphatic carbocycles. The second-order valence-electron chi connectivity index (χ2n) is 3.98. The second-order valence-corrected chi connectivity index (χ2v) is 5.63. The molecule has 0 aliphatic heterocycles. The average molecular weight is 285 g/mol. The molecule has 0 amide bonds. The van der Waals surface area contributed by atoms with Gasteiger partial charge in [-0.2, -0.15) is 13.3 Å². The first-order valence-corrected chi connectivity index (χ1v) is 7.86. The zero-order valence-electron chi connectivity index (χ0n) is 10.8. The van der Waals surface area contributed by atoms with E-state index in [9.17, 15) is 8.42 Å². The van der Waals surface area contributed by atoms with Crippen molar-refractivity contribution >= 4 is 10.1 Å². The van der Waals surface area contributed by atoms with Crippen LogP contribution in [0.5, 0.6) is 0 Å². The standard InChI is InChI=1S/C10H23NO6S/c1-18(13,14)16-9-7-5-3-2-4-6-8-11-10-15-17-12/h11-12H,2-10H2,1H3. The molecule has 0 aromatic rings. The van der Waals surface area contributed by atoms with Crippen molar-refractivity contribution in [3.05, 3.63) is 0 Å². The molecule has 0 aromatic heterocycles. The molecule has 7 nitrogen and oxygen atoms in total. The SMILES string of the molecule is CS(=O)(=O)OCCCCCCCCNCOOO. The molecule has 0 spiro atoms. The third-order valence-corrected chi connectivity index (χ3v) is 2.85. The highest BCUT2D eigenvalue weighted by molar-refractivity contribution is 7.85. The number of hydrogen-bond donors (Lipinski definition) is 2. The average Bonchev–Trinajstić information content (AvgIpc) is 2.29. The van der Waals surface area contributed by atoms with Gasteiger partial charge in [0.1, 0.15) is 6.73 Å². The topological polar surface area (TPSA) is 94.1 Å². The number of nitrogens with one attached hydrogen (secondary N) is 1. The van der Waals surface area contributed by atoms with E-state index in [4.69, 9.17) is 5.26 Å². The number of hydrogen-bond acceptors (Lipinski definition) is 7. The second kappa shape index (κ2) is 11.8. The van der Waals surface area contributed by atoms with Crippen LogP contribution < -0.4 is 5.32 Å². The maximum atomic E-state index is 10.6. The monoisotopic (exact) mass is 285 g/mol. The lowest BCUT2D eigenvalue weighted by atomic mass is 10.1. The van der Waals surface area contributed by atoms with Gasteiger partial charge in [-0.15, -0.1) is 0 Å². The summed E-state index contributed by atoms with van der Waals surface area (Å²) in [5.41, 5.74) is 0. The molecule has 0 radical (unpaired) electrons. The van der Waals surface area contributed by atoms with E-state index in [1.165, 1.54) is 0 Å². The Morgan fingerprint density at radius 1 is 1.06 bits per heavy atom. The summed E-state index contributed by atoms with van der Waals surface area (Å²) < 4.78 is 25.9. The van der Waals surface area contributed by atoms with Crippen LogP contribution in [0.1, 0.15) is 38.5 Å². The van der Waals surface area contributed by atoms with Crippen LogP contribution in [0.25, 0.3) is 0 Å². The summed E-state index contributed by atoms with van der Waals surface area (Å²) in [7, 11) is -3.28. The van der Waals surface area contributed by atoms with Gasteiger partial charge in [-0.25, -0.2) is 5.26 Å². The summed E-state index contributed by atoms with van der Waals surface area (Å²) in [4.78, 5) is 4.21. The van der Waals surface area contributed by atoms with E-state index < -0.39 is 10.1 Å². The Kier molecular flexibility index (Phi) is 11.7. The Hall–Kier alpha value is -0.250. The van der Waals surface area contributed by atoms with Crippen molar-refractivity contribution in [3.8, 4) is 0 Å². The lowest BCUT2D eigenvalue weighted by Gasteiger charge is -2.03. The highest BCUT2D eigenvalue weighted by atomic mass is 32.2. The van der Waals surface area contributed by atoms with Crippen molar-refractivity contribution in [1.82, 2.24) is 5.32 Å². The lowest BCUT2D eigenvalue weighted by Crippen LogP contribution is -2.18. The fourth-order valence-corrected chi connectivity index (χ4v) is 1.83. The van der Waals surface area contributed by atoms with Gasteiger partial charge >= 0.3 is 0 Å². The Balaban J connectivity index is 3.03. The Bertz CT molecular complexity index is 270. The van der Waals surface area contributed by atoms with Gasteiger partial charge in [0.15, 0.2) is 0 Å². The number of rotatable bonds is 13. The molecule has 0 aromatic carbocycles. The van der Waals surface area contributed by atoms with Crippen LogP contribution in [0.4, 0.5) is 0 Å². The van der Waals surface area contributed by atoms with Crippen LogP contribution in [0.15, 0.2) is 0 Å². The highest BCUT2D eigenvalue weighted by Gasteiger charge is 2.00. The van der Waals surface area contributed by atoms with Crippen molar-refractivity contribution in [2.24, 2.45) is 0 Å². The summed E-state index contributed by atoms with van der Waals surface area (Å²) in [5, 5.41) is 14.2. The molecule has 0 rings (SSSR count). The minimum atomic E-state index is -3.28. The molecule has 0 aliphatic rings. The van der Waals surface area contributed by atoms with Crippen LogP contribution in [0, 0.1) is 0 Å². The minimum Gasteiger partial charge on any atom is -0.292 e. The zero-order valence-corrected chi connectivity index (χ0v) is 11.6. The van der Waals surface area contributed by atoms with Crippen LogP contribution in [0.3, 0.4) is 0 Å². The Morgan fingerprint density at radius 2 is 1.67 bits per heavy atom. The first kappa shape index (κ1) is 17.8. The van der Waals surface area contributed by atoms with Gasteiger partial charge in [0.2, 0.25) is 0 Å². The smallest absolute Gasteiger partial charge is 0.264 e. The molecule has 18 heavy (non-hydrogen) atoms. The molecular weight excluding hydrogens is 262 g/mol. The molecule has 110 valence electrons. The largest absolute Gasteiger partial charge is 0.292 e. The van der Waals surface area contributed by atoms with Gasteiger partial charge in [-0.3, -0.25) is 9.50 Å². The molecule has 0 fully saturated rings. The van der Waals surface area contributed by atoms with Crippen molar-refractivity contribution in [1.29, 1.82) is 0 Å². The van der Waals surface area contributed by atoms with E-state index in [1.807, 2.05) is 0 Å². The predicted molar refractivity (Wildman–Crippen MR) is 66.2 cm³/mol. The van der Waals surface area contributed by atoms with Crippen molar-refractivity contribution < 1.29 is 27.8 Å². The normalized spacial score (nSPS) is 11.9. The van der Waals surface area contributed by atoms with Crippen LogP contribution in [-0.4, -0.2) is 39.8 Å². The number of unbranched alkanes of at least 4 members (excludes halogenated alkanes) is 5. The van der Waals surface area contributed by atoms with Crippen molar-refractivity contribution in [3.63, 3.8) is 0 Å². The van der Waals surface area contributed by atoms with Gasteiger partial charge in [-0.1, -0.05) is 30.7 Å². The summed E-state index contributed by atoms with van der Waals surface area (Å²) in [5.74, 6) is 0. The molecular formula is C10H23NO6S. The molecule has 0 unspecified atom stereocenters. The van der Waals surface area contributed by atoms with E-state index in [2.05, 4.69) is 19.4 Å². The first-order valence-electron chi connectivity index (χ1n) is 6.04. The summed E-state index contributed by atoms with van der Waals surface area (Å²) in [6.45, 7) is 1.25. The van der Waals surface area contributed by atoms with Crippen molar-refractivity contribution in [2.75, 3.05) is 26.1 Å². The molecule has 0 heterocycles. The van der Waals surface area contributed by atoms with Gasteiger partial charge in [0.25, 0.3) is 10.1 Å². The molecule has 8 heteroatoms. The molecule has 0 saturated carbocycles. The van der Waals surface area contributed by atoms with Crippen LogP contribution in [-0.2, 0) is 24.2 Å². The highest BCUT2D eigenvalue weighted by Crippen LogP contribution is 2.05. The van der Waals surface area contributed by atoms with Gasteiger partial charge in [-0.05, 0) is 19.4 Å². The van der Waals surface area contributed by atoms with E-state index in [-0.39, 0.29) is 13.3 Å². The molecule has 0 atom stereocenters.